The summed E-state index contributed by atoms with van der Waals surface area (Å²) in [7, 11) is 0. The minimum absolute atomic E-state index is 0.0303. The molecule has 0 radical (unpaired) electrons. The van der Waals surface area contributed by atoms with Gasteiger partial charge in [0, 0.05) is 68.6 Å². The highest BCUT2D eigenvalue weighted by atomic mass is 35.5. The summed E-state index contributed by atoms with van der Waals surface area (Å²) < 4.78 is 6.17. The fourth-order valence-corrected chi connectivity index (χ4v) is 5.53. The Morgan fingerprint density at radius 2 is 1.81 bits per heavy atom. The summed E-state index contributed by atoms with van der Waals surface area (Å²) in [6, 6.07) is 22.2. The molecule has 0 aliphatic carbocycles. The van der Waals surface area contributed by atoms with E-state index in [0.29, 0.717) is 12.3 Å². The zero-order valence-electron chi connectivity index (χ0n) is 21.3. The summed E-state index contributed by atoms with van der Waals surface area (Å²) in [5.74, 6) is 0.927. The molecule has 1 aromatic heterocycles. The van der Waals surface area contributed by atoms with Crippen LogP contribution in [0, 0.1) is 0 Å². The van der Waals surface area contributed by atoms with Crippen LogP contribution in [0.5, 0.6) is 5.75 Å². The summed E-state index contributed by atoms with van der Waals surface area (Å²) in [4.78, 5) is 24.1. The first-order valence-electron chi connectivity index (χ1n) is 13.3. The number of carbonyl (C=O) groups excluding carboxylic acids is 1. The van der Waals surface area contributed by atoms with E-state index >= 15 is 0 Å². The van der Waals surface area contributed by atoms with Crippen molar-refractivity contribution < 1.29 is 9.53 Å². The number of pyridine rings is 1. The molecule has 2 fully saturated rings. The number of ether oxygens (including phenoxy) is 1. The molecule has 2 aliphatic rings. The number of anilines is 1. The number of aromatic nitrogens is 1. The number of hydrogen-bond donors (Lipinski definition) is 0. The number of hydrogen-bond acceptors (Lipinski definition) is 5. The number of nitrogens with zero attached hydrogens (tertiary/aromatic N) is 4. The van der Waals surface area contributed by atoms with Crippen LogP contribution in [0.3, 0.4) is 0 Å². The Hall–Kier alpha value is -3.09. The van der Waals surface area contributed by atoms with Gasteiger partial charge in [0.1, 0.15) is 11.4 Å². The van der Waals surface area contributed by atoms with Gasteiger partial charge in [-0.05, 0) is 67.3 Å². The maximum Gasteiger partial charge on any atom is 0.272 e. The molecule has 2 saturated heterocycles. The average molecular weight is 519 g/mol. The molecule has 1 atom stereocenters. The highest BCUT2D eigenvalue weighted by molar-refractivity contribution is 6.30. The normalized spacial score (nSPS) is 18.6. The van der Waals surface area contributed by atoms with Gasteiger partial charge >= 0.3 is 0 Å². The molecule has 0 spiro atoms. The van der Waals surface area contributed by atoms with Crippen molar-refractivity contribution in [3.8, 4) is 5.75 Å². The lowest BCUT2D eigenvalue weighted by Gasteiger charge is -2.36. The van der Waals surface area contributed by atoms with E-state index in [1.165, 1.54) is 11.3 Å². The SMILES string of the molecule is O=C(c1ccccn1)N1CCCCC1CCOc1cccc(CN2CCN(c3cccc(Cl)c3)CC2)c1. The summed E-state index contributed by atoms with van der Waals surface area (Å²) in [6.45, 7) is 6.31. The minimum atomic E-state index is 0.0303. The Morgan fingerprint density at radius 1 is 0.946 bits per heavy atom. The van der Waals surface area contributed by atoms with Gasteiger partial charge in [-0.1, -0.05) is 35.9 Å². The lowest BCUT2D eigenvalue weighted by molar-refractivity contribution is 0.0574. The van der Waals surface area contributed by atoms with Gasteiger partial charge < -0.3 is 14.5 Å². The molecule has 6 nitrogen and oxygen atoms in total. The Morgan fingerprint density at radius 3 is 2.62 bits per heavy atom. The Balaban J connectivity index is 1.10. The number of likely N-dealkylation sites (tertiary alicyclic amines) is 1. The Kier molecular flexibility index (Phi) is 8.59. The van der Waals surface area contributed by atoms with E-state index in [-0.39, 0.29) is 11.9 Å². The fourth-order valence-electron chi connectivity index (χ4n) is 5.35. The monoisotopic (exact) mass is 518 g/mol. The van der Waals surface area contributed by atoms with Crippen LogP contribution in [0.15, 0.2) is 72.9 Å². The topological polar surface area (TPSA) is 48.9 Å². The molecule has 0 saturated carbocycles. The van der Waals surface area contributed by atoms with E-state index < -0.39 is 0 Å². The van der Waals surface area contributed by atoms with Crippen molar-refractivity contribution in [2.45, 2.75) is 38.3 Å². The third-order valence-electron chi connectivity index (χ3n) is 7.34. The van der Waals surface area contributed by atoms with E-state index in [2.05, 4.69) is 39.0 Å². The zero-order chi connectivity index (χ0) is 25.5. The van der Waals surface area contributed by atoms with E-state index in [0.717, 1.165) is 75.7 Å². The average Bonchev–Trinajstić information content (AvgIpc) is 2.94. The van der Waals surface area contributed by atoms with E-state index in [9.17, 15) is 4.79 Å². The lowest BCUT2D eigenvalue weighted by atomic mass is 9.99. The number of rotatable bonds is 8. The predicted octanol–water partition coefficient (Wildman–Crippen LogP) is 5.52. The number of amides is 1. The van der Waals surface area contributed by atoms with Crippen LogP contribution >= 0.6 is 11.6 Å². The molecule has 1 amide bonds. The van der Waals surface area contributed by atoms with Crippen LogP contribution in [-0.4, -0.2) is 66.1 Å². The van der Waals surface area contributed by atoms with Crippen molar-refractivity contribution in [1.29, 1.82) is 0 Å². The lowest BCUT2D eigenvalue weighted by Crippen LogP contribution is -2.45. The second-order valence-electron chi connectivity index (χ2n) is 9.89. The standard InChI is InChI=1S/C30H35ClN4O2/c31-25-8-6-10-27(22-25)34-18-16-33(17-19-34)23-24-7-5-11-28(21-24)37-20-13-26-9-2-4-15-35(26)30(36)29-12-1-3-14-32-29/h1,3,5-8,10-12,14,21-22,26H,2,4,9,13,15-20,23H2. The van der Waals surface area contributed by atoms with Gasteiger partial charge in [0.05, 0.1) is 6.61 Å². The molecule has 37 heavy (non-hydrogen) atoms. The van der Waals surface area contributed by atoms with Crippen LogP contribution in [0.4, 0.5) is 5.69 Å². The second kappa shape index (κ2) is 12.4. The summed E-state index contributed by atoms with van der Waals surface area (Å²) in [6.07, 6.45) is 5.72. The molecule has 2 aliphatic heterocycles. The molecule has 3 aromatic rings. The molecule has 5 rings (SSSR count). The first-order valence-corrected chi connectivity index (χ1v) is 13.7. The molecule has 7 heteroatoms. The van der Waals surface area contributed by atoms with Gasteiger partial charge in [-0.15, -0.1) is 0 Å². The van der Waals surface area contributed by atoms with Gasteiger partial charge in [0.25, 0.3) is 5.91 Å². The van der Waals surface area contributed by atoms with Crippen molar-refractivity contribution in [1.82, 2.24) is 14.8 Å². The van der Waals surface area contributed by atoms with Crippen LogP contribution in [0.2, 0.25) is 5.02 Å². The summed E-state index contributed by atoms with van der Waals surface area (Å²) in [5, 5.41) is 0.785. The summed E-state index contributed by atoms with van der Waals surface area (Å²) in [5.41, 5.74) is 2.98. The van der Waals surface area contributed by atoms with Crippen LogP contribution in [0.25, 0.3) is 0 Å². The van der Waals surface area contributed by atoms with Gasteiger partial charge in [-0.3, -0.25) is 14.7 Å². The zero-order valence-corrected chi connectivity index (χ0v) is 22.0. The number of piperazine rings is 1. The van der Waals surface area contributed by atoms with Gasteiger partial charge in [0.2, 0.25) is 0 Å². The number of benzene rings is 2. The van der Waals surface area contributed by atoms with Crippen molar-refractivity contribution in [3.63, 3.8) is 0 Å². The van der Waals surface area contributed by atoms with Gasteiger partial charge in [-0.25, -0.2) is 0 Å². The highest BCUT2D eigenvalue weighted by Crippen LogP contribution is 2.24. The highest BCUT2D eigenvalue weighted by Gasteiger charge is 2.28. The maximum atomic E-state index is 13.0. The second-order valence-corrected chi connectivity index (χ2v) is 10.3. The smallest absolute Gasteiger partial charge is 0.272 e. The van der Waals surface area contributed by atoms with Crippen molar-refractivity contribution in [2.75, 3.05) is 44.2 Å². The Labute approximate surface area is 224 Å². The molecular weight excluding hydrogens is 484 g/mol. The van der Waals surface area contributed by atoms with Crippen molar-refractivity contribution in [3.05, 3.63) is 89.2 Å². The number of piperidine rings is 1. The molecule has 1 unspecified atom stereocenters. The maximum absolute atomic E-state index is 13.0. The molecule has 3 heterocycles. The third kappa shape index (κ3) is 6.82. The first kappa shape index (κ1) is 25.6. The van der Waals surface area contributed by atoms with Crippen molar-refractivity contribution in [2.24, 2.45) is 0 Å². The van der Waals surface area contributed by atoms with Gasteiger partial charge in [0.15, 0.2) is 0 Å². The molecule has 2 aromatic carbocycles. The minimum Gasteiger partial charge on any atom is -0.494 e. The quantitative estimate of drug-likeness (QED) is 0.393. The Bertz CT molecular complexity index is 1170. The number of carbonyl (C=O) groups is 1. The van der Waals surface area contributed by atoms with E-state index in [1.807, 2.05) is 41.3 Å². The first-order chi connectivity index (χ1) is 18.2. The molecule has 0 N–H and O–H groups in total. The largest absolute Gasteiger partial charge is 0.494 e. The molecule has 0 bridgehead atoms. The fraction of sp³-hybridized carbons (Fsp3) is 0.400. The third-order valence-corrected chi connectivity index (χ3v) is 7.58. The molecular formula is C30H35ClN4O2. The van der Waals surface area contributed by atoms with Crippen LogP contribution in [-0.2, 0) is 6.54 Å². The van der Waals surface area contributed by atoms with E-state index in [4.69, 9.17) is 16.3 Å². The van der Waals surface area contributed by atoms with Gasteiger partial charge in [-0.2, -0.15) is 0 Å². The van der Waals surface area contributed by atoms with Crippen LogP contribution < -0.4 is 9.64 Å². The molecule has 194 valence electrons. The van der Waals surface area contributed by atoms with Crippen molar-refractivity contribution >= 4 is 23.2 Å². The van der Waals surface area contributed by atoms with E-state index in [1.54, 1.807) is 12.3 Å². The van der Waals surface area contributed by atoms with Crippen LogP contribution in [0.1, 0.15) is 41.7 Å². The summed E-state index contributed by atoms with van der Waals surface area (Å²) >= 11 is 6.17. The predicted molar refractivity (Wildman–Crippen MR) is 148 cm³/mol. The number of halogens is 1.